The minimum atomic E-state index is -0.869. The number of hydrogen-bond donors (Lipinski definition) is 2. The third kappa shape index (κ3) is 7.52. The lowest BCUT2D eigenvalue weighted by Crippen LogP contribution is -2.37. The van der Waals surface area contributed by atoms with Gasteiger partial charge in [0.1, 0.15) is 18.1 Å². The first kappa shape index (κ1) is 24.1. The second kappa shape index (κ2) is 11.9. The summed E-state index contributed by atoms with van der Waals surface area (Å²) in [6.07, 6.45) is 1.42. The second-order valence-electron chi connectivity index (χ2n) is 6.84. The maximum absolute atomic E-state index is 11.9. The zero-order valence-corrected chi connectivity index (χ0v) is 19.2. The highest BCUT2D eigenvalue weighted by Gasteiger charge is 2.12. The van der Waals surface area contributed by atoms with E-state index >= 15 is 0 Å². The van der Waals surface area contributed by atoms with Crippen LogP contribution in [0.25, 0.3) is 0 Å². The molecular weight excluding hydrogens is 465 g/mol. The van der Waals surface area contributed by atoms with Crippen LogP contribution in [-0.4, -0.2) is 25.1 Å². The van der Waals surface area contributed by atoms with Crippen LogP contribution in [0.4, 0.5) is 0 Å². The minimum absolute atomic E-state index is 0.207. The van der Waals surface area contributed by atoms with E-state index in [0.717, 1.165) is 11.1 Å². The summed E-state index contributed by atoms with van der Waals surface area (Å²) in [5.74, 6) is -0.344. The fraction of sp³-hybridized carbons (Fsp3) is 0.125. The Labute approximate surface area is 201 Å². The number of halogens is 2. The Morgan fingerprint density at radius 2 is 1.67 bits per heavy atom. The van der Waals surface area contributed by atoms with Crippen LogP contribution in [0.5, 0.6) is 11.5 Å². The van der Waals surface area contributed by atoms with E-state index in [4.69, 9.17) is 32.7 Å². The van der Waals surface area contributed by atoms with Crippen LogP contribution in [0.1, 0.15) is 16.7 Å². The Hall–Kier alpha value is -3.55. The summed E-state index contributed by atoms with van der Waals surface area (Å²) in [7, 11) is 1.57. The van der Waals surface area contributed by atoms with Gasteiger partial charge in [-0.25, -0.2) is 5.43 Å². The van der Waals surface area contributed by atoms with Crippen LogP contribution in [-0.2, 0) is 22.7 Å². The summed E-state index contributed by atoms with van der Waals surface area (Å²) in [5.41, 5.74) is 4.59. The number of rotatable bonds is 8. The van der Waals surface area contributed by atoms with Gasteiger partial charge < -0.3 is 14.8 Å². The molecule has 7 nitrogen and oxygen atoms in total. The van der Waals surface area contributed by atoms with Gasteiger partial charge in [0.25, 0.3) is 0 Å². The normalized spacial score (nSPS) is 10.6. The van der Waals surface area contributed by atoms with Crippen LogP contribution in [0.3, 0.4) is 0 Å². The number of methoxy groups -OCH3 is 1. The summed E-state index contributed by atoms with van der Waals surface area (Å²) in [4.78, 5) is 23.9. The molecule has 9 heteroatoms. The van der Waals surface area contributed by atoms with Crippen LogP contribution in [0.2, 0.25) is 10.0 Å². The molecule has 0 atom stereocenters. The summed E-state index contributed by atoms with van der Waals surface area (Å²) in [6, 6.07) is 19.5. The molecular formula is C24H21Cl2N3O4. The summed E-state index contributed by atoms with van der Waals surface area (Å²) in [6.45, 7) is 0.515. The molecule has 0 aliphatic rings. The Morgan fingerprint density at radius 1 is 0.909 bits per heavy atom. The van der Waals surface area contributed by atoms with Crippen molar-refractivity contribution in [1.82, 2.24) is 10.7 Å². The third-order valence-corrected chi connectivity index (χ3v) is 5.18. The largest absolute Gasteiger partial charge is 0.497 e. The van der Waals surface area contributed by atoms with E-state index in [1.165, 1.54) is 6.21 Å². The standard InChI is InChI=1S/C24H21Cl2N3O4/c1-32-19-8-5-16(6-9-19)13-27-23(30)24(31)29-28-14-17-3-2-4-20(11-17)33-15-18-7-10-21(25)22(26)12-18/h2-12,14H,13,15H2,1H3,(H,27,30)(H,29,31)/b28-14-. The molecule has 2 N–H and O–H groups in total. The molecule has 3 rings (SSSR count). The fourth-order valence-corrected chi connectivity index (χ4v) is 3.02. The monoisotopic (exact) mass is 485 g/mol. The van der Waals surface area contributed by atoms with Crippen molar-refractivity contribution in [3.8, 4) is 11.5 Å². The number of nitrogens with one attached hydrogen (secondary N) is 2. The van der Waals surface area contributed by atoms with Crippen molar-refractivity contribution in [3.63, 3.8) is 0 Å². The van der Waals surface area contributed by atoms with Crippen molar-refractivity contribution in [3.05, 3.63) is 93.5 Å². The van der Waals surface area contributed by atoms with Crippen molar-refractivity contribution in [2.75, 3.05) is 7.11 Å². The Morgan fingerprint density at radius 3 is 2.39 bits per heavy atom. The van der Waals surface area contributed by atoms with E-state index in [9.17, 15) is 9.59 Å². The number of nitrogens with zero attached hydrogens (tertiary/aromatic N) is 1. The average Bonchev–Trinajstić information content (AvgIpc) is 2.83. The van der Waals surface area contributed by atoms with Gasteiger partial charge in [-0.15, -0.1) is 0 Å². The van der Waals surface area contributed by atoms with E-state index in [2.05, 4.69) is 15.8 Å². The number of benzene rings is 3. The Bertz CT molecular complexity index is 1150. The van der Waals surface area contributed by atoms with Gasteiger partial charge in [0.2, 0.25) is 0 Å². The van der Waals surface area contributed by atoms with E-state index in [1.807, 2.05) is 6.07 Å². The first-order chi connectivity index (χ1) is 15.9. The molecule has 3 aromatic rings. The molecule has 0 aliphatic heterocycles. The number of amides is 2. The van der Waals surface area contributed by atoms with Gasteiger partial charge in [-0.2, -0.15) is 5.10 Å². The zero-order chi connectivity index (χ0) is 23.6. The molecule has 0 unspecified atom stereocenters. The van der Waals surface area contributed by atoms with Crippen LogP contribution in [0.15, 0.2) is 71.8 Å². The molecule has 0 aliphatic carbocycles. The van der Waals surface area contributed by atoms with Crippen molar-refractivity contribution in [2.24, 2.45) is 5.10 Å². The number of hydrogen-bond acceptors (Lipinski definition) is 5. The lowest BCUT2D eigenvalue weighted by atomic mass is 10.2. The van der Waals surface area contributed by atoms with Gasteiger partial charge in [0, 0.05) is 6.54 Å². The van der Waals surface area contributed by atoms with Crippen molar-refractivity contribution >= 4 is 41.2 Å². The molecule has 0 saturated carbocycles. The second-order valence-corrected chi connectivity index (χ2v) is 7.65. The molecule has 170 valence electrons. The number of carbonyl (C=O) groups excluding carboxylic acids is 2. The smallest absolute Gasteiger partial charge is 0.329 e. The first-order valence-electron chi connectivity index (χ1n) is 9.85. The van der Waals surface area contributed by atoms with Crippen molar-refractivity contribution in [1.29, 1.82) is 0 Å². The Kier molecular flexibility index (Phi) is 8.69. The molecule has 3 aromatic carbocycles. The summed E-state index contributed by atoms with van der Waals surface area (Å²) in [5, 5.41) is 7.30. The number of hydrazone groups is 1. The molecule has 2 amide bonds. The highest BCUT2D eigenvalue weighted by molar-refractivity contribution is 6.42. The lowest BCUT2D eigenvalue weighted by molar-refractivity contribution is -0.139. The van der Waals surface area contributed by atoms with E-state index in [1.54, 1.807) is 67.8 Å². The van der Waals surface area contributed by atoms with Crippen LogP contribution < -0.4 is 20.2 Å². The summed E-state index contributed by atoms with van der Waals surface area (Å²) >= 11 is 11.9. The van der Waals surface area contributed by atoms with Crippen molar-refractivity contribution < 1.29 is 19.1 Å². The van der Waals surface area contributed by atoms with Gasteiger partial charge >= 0.3 is 11.8 Å². The lowest BCUT2D eigenvalue weighted by Gasteiger charge is -2.08. The molecule has 0 bridgehead atoms. The van der Waals surface area contributed by atoms with Gasteiger partial charge in [-0.3, -0.25) is 9.59 Å². The average molecular weight is 486 g/mol. The Balaban J connectivity index is 1.47. The predicted molar refractivity (Wildman–Crippen MR) is 128 cm³/mol. The van der Waals surface area contributed by atoms with Crippen LogP contribution >= 0.6 is 23.2 Å². The van der Waals surface area contributed by atoms with Gasteiger partial charge in [0.15, 0.2) is 0 Å². The fourth-order valence-electron chi connectivity index (χ4n) is 2.70. The van der Waals surface area contributed by atoms with E-state index in [-0.39, 0.29) is 6.54 Å². The SMILES string of the molecule is COc1ccc(CNC(=O)C(=O)N/N=C\c2cccc(OCc3ccc(Cl)c(Cl)c3)c2)cc1. The molecule has 0 aromatic heterocycles. The maximum Gasteiger partial charge on any atom is 0.329 e. The molecule has 0 radical (unpaired) electrons. The molecule has 0 saturated heterocycles. The molecule has 0 fully saturated rings. The highest BCUT2D eigenvalue weighted by Crippen LogP contribution is 2.23. The van der Waals surface area contributed by atoms with E-state index < -0.39 is 11.8 Å². The van der Waals surface area contributed by atoms with Crippen LogP contribution in [0, 0.1) is 0 Å². The quantitative estimate of drug-likeness (QED) is 0.282. The maximum atomic E-state index is 11.9. The van der Waals surface area contributed by atoms with Gasteiger partial charge in [-0.05, 0) is 53.1 Å². The first-order valence-corrected chi connectivity index (χ1v) is 10.6. The highest BCUT2D eigenvalue weighted by atomic mass is 35.5. The van der Waals surface area contributed by atoms with Gasteiger partial charge in [0.05, 0.1) is 23.4 Å². The topological polar surface area (TPSA) is 89.0 Å². The predicted octanol–water partition coefficient (Wildman–Crippen LogP) is 4.35. The third-order valence-electron chi connectivity index (χ3n) is 4.45. The van der Waals surface area contributed by atoms with Gasteiger partial charge in [-0.1, -0.05) is 53.5 Å². The number of carbonyl (C=O) groups is 2. The molecule has 0 heterocycles. The minimum Gasteiger partial charge on any atom is -0.497 e. The van der Waals surface area contributed by atoms with Crippen molar-refractivity contribution in [2.45, 2.75) is 13.2 Å². The molecule has 33 heavy (non-hydrogen) atoms. The number of ether oxygens (including phenoxy) is 2. The summed E-state index contributed by atoms with van der Waals surface area (Å²) < 4.78 is 10.8. The molecule has 0 spiro atoms. The van der Waals surface area contributed by atoms with E-state index in [0.29, 0.717) is 33.7 Å². The zero-order valence-electron chi connectivity index (χ0n) is 17.7.